The number of methoxy groups -OCH3 is 1. The van der Waals surface area contributed by atoms with Gasteiger partial charge in [0.2, 0.25) is 0 Å². The summed E-state index contributed by atoms with van der Waals surface area (Å²) in [7, 11) is -1.54. The number of carbonyl (C=O) groups is 1. The van der Waals surface area contributed by atoms with Crippen molar-refractivity contribution in [2.75, 3.05) is 24.0 Å². The maximum Gasteiger partial charge on any atom is 0.407 e. The Morgan fingerprint density at radius 1 is 1.18 bits per heavy atom. The Labute approximate surface area is 274 Å². The fourth-order valence-corrected chi connectivity index (χ4v) is 9.42. The number of rotatable bonds is 8. The van der Waals surface area contributed by atoms with Gasteiger partial charge in [-0.2, -0.15) is 9.61 Å². The van der Waals surface area contributed by atoms with Crippen molar-refractivity contribution in [3.8, 4) is 5.75 Å². The van der Waals surface area contributed by atoms with Gasteiger partial charge >= 0.3 is 6.09 Å². The number of amides is 1. The first-order chi connectivity index (χ1) is 21.3. The zero-order chi connectivity index (χ0) is 32.1. The summed E-state index contributed by atoms with van der Waals surface area (Å²) >= 11 is 3.71. The minimum absolute atomic E-state index is 0.0305. The molecule has 1 spiro atoms. The van der Waals surface area contributed by atoms with Gasteiger partial charge < -0.3 is 19.7 Å². The largest absolute Gasteiger partial charge is 0.497 e. The number of hydrogen-bond acceptors (Lipinski definition) is 8. The number of carbonyl (C=O) groups excluding carboxylic acids is 1. The molecule has 3 aliphatic carbocycles. The van der Waals surface area contributed by atoms with Gasteiger partial charge in [0, 0.05) is 35.9 Å². The Hall–Kier alpha value is -2.86. The van der Waals surface area contributed by atoms with Crippen LogP contribution in [0.4, 0.5) is 10.6 Å². The van der Waals surface area contributed by atoms with E-state index in [-0.39, 0.29) is 29.2 Å². The molecule has 45 heavy (non-hydrogen) atoms. The minimum atomic E-state index is -3.20. The van der Waals surface area contributed by atoms with Crippen molar-refractivity contribution in [2.24, 2.45) is 5.92 Å². The van der Waals surface area contributed by atoms with Crippen LogP contribution >= 0.6 is 15.9 Å². The lowest BCUT2D eigenvalue weighted by atomic mass is 9.76. The fraction of sp³-hybridized carbons (Fsp3) is 0.606. The van der Waals surface area contributed by atoms with Crippen molar-refractivity contribution in [3.63, 3.8) is 0 Å². The summed E-state index contributed by atoms with van der Waals surface area (Å²) in [4.78, 5) is 20.4. The molecule has 0 bridgehead atoms. The number of benzene rings is 1. The molecule has 0 radical (unpaired) electrons. The summed E-state index contributed by atoms with van der Waals surface area (Å²) in [5, 5.41) is 7.92. The third kappa shape index (κ3) is 6.54. The van der Waals surface area contributed by atoms with Crippen LogP contribution in [0.25, 0.3) is 5.65 Å². The Morgan fingerprint density at radius 2 is 1.89 bits per heavy atom. The van der Waals surface area contributed by atoms with Crippen molar-refractivity contribution in [1.29, 1.82) is 0 Å². The molecular weight excluding hydrogens is 658 g/mol. The second-order valence-electron chi connectivity index (χ2n) is 14.1. The van der Waals surface area contributed by atoms with E-state index in [4.69, 9.17) is 19.6 Å². The number of sulfone groups is 1. The molecule has 1 amide bonds. The van der Waals surface area contributed by atoms with Crippen molar-refractivity contribution in [2.45, 2.75) is 102 Å². The van der Waals surface area contributed by atoms with Crippen LogP contribution in [0, 0.1) is 5.92 Å². The smallest absolute Gasteiger partial charge is 0.407 e. The zero-order valence-electron chi connectivity index (χ0n) is 26.8. The van der Waals surface area contributed by atoms with Gasteiger partial charge in [-0.25, -0.2) is 18.2 Å². The zero-order valence-corrected chi connectivity index (χ0v) is 29.2. The van der Waals surface area contributed by atoms with Gasteiger partial charge in [-0.05, 0) is 98.8 Å². The maximum atomic E-state index is 12.7. The quantitative estimate of drug-likeness (QED) is 0.305. The second kappa shape index (κ2) is 12.1. The van der Waals surface area contributed by atoms with E-state index in [1.54, 1.807) is 13.3 Å². The van der Waals surface area contributed by atoms with Crippen molar-refractivity contribution >= 4 is 43.3 Å². The number of anilines is 1. The van der Waals surface area contributed by atoms with Crippen LogP contribution in [0.3, 0.4) is 0 Å². The summed E-state index contributed by atoms with van der Waals surface area (Å²) in [6.45, 7) is 6.21. The van der Waals surface area contributed by atoms with Crippen LogP contribution in [0.15, 0.2) is 34.9 Å². The van der Waals surface area contributed by atoms with E-state index in [0.29, 0.717) is 13.0 Å². The Morgan fingerprint density at radius 3 is 2.53 bits per heavy atom. The average Bonchev–Trinajstić information content (AvgIpc) is 3.75. The van der Waals surface area contributed by atoms with E-state index in [9.17, 15) is 13.2 Å². The number of halogens is 1. The topological polar surface area (TPSA) is 115 Å². The normalized spacial score (nSPS) is 22.6. The van der Waals surface area contributed by atoms with Gasteiger partial charge in [-0.1, -0.05) is 25.0 Å². The fourth-order valence-electron chi connectivity index (χ4n) is 7.90. The predicted molar refractivity (Wildman–Crippen MR) is 178 cm³/mol. The van der Waals surface area contributed by atoms with E-state index < -0.39 is 21.5 Å². The maximum absolute atomic E-state index is 12.7. The highest BCUT2D eigenvalue weighted by atomic mass is 79.9. The van der Waals surface area contributed by atoms with Crippen molar-refractivity contribution in [3.05, 3.63) is 51.8 Å². The molecule has 3 aliphatic rings. The Bertz CT molecular complexity index is 1680. The van der Waals surface area contributed by atoms with E-state index in [2.05, 4.69) is 38.3 Å². The number of nitrogens with one attached hydrogen (secondary N) is 1. The van der Waals surface area contributed by atoms with Gasteiger partial charge in [-0.3, -0.25) is 0 Å². The lowest BCUT2D eigenvalue weighted by Crippen LogP contribution is -2.40. The molecule has 0 aliphatic heterocycles. The van der Waals surface area contributed by atoms with E-state index in [0.717, 1.165) is 83.5 Å². The third-order valence-corrected chi connectivity index (χ3v) is 11.3. The van der Waals surface area contributed by atoms with Crippen molar-refractivity contribution in [1.82, 2.24) is 19.9 Å². The number of alkyl carbamates (subject to hydrolysis) is 1. The molecule has 1 unspecified atom stereocenters. The number of ether oxygens (including phenoxy) is 2. The standard InChI is InChI=1S/C33H44BrN5O5S/c1-32(2,3)44-31(40)36-23-10-11-24(17-23)38(19-21-8-12-25(43-4)13-9-21)30-26-16-22(20-45(5,41)42)33(14-6-7-15-33)28(26)37-29-27(34)18-35-39(29)30/h8-9,12-13,18,22-24H,6-7,10-11,14-17,19-20H2,1-5H3,(H,36,40)/t22?,23-,24-/m0/s1. The summed E-state index contributed by atoms with van der Waals surface area (Å²) in [6.07, 6.45) is 9.85. The molecule has 2 aromatic heterocycles. The van der Waals surface area contributed by atoms with Crippen LogP contribution in [-0.2, 0) is 33.0 Å². The van der Waals surface area contributed by atoms with Gasteiger partial charge in [0.25, 0.3) is 0 Å². The molecule has 6 rings (SSSR count). The van der Waals surface area contributed by atoms with E-state index >= 15 is 0 Å². The number of fused-ring (bicyclic) bond motifs is 3. The first kappa shape index (κ1) is 32.1. The average molecular weight is 703 g/mol. The minimum Gasteiger partial charge on any atom is -0.497 e. The Kier molecular flexibility index (Phi) is 8.60. The first-order valence-corrected chi connectivity index (χ1v) is 18.7. The molecule has 2 fully saturated rings. The molecule has 10 nitrogen and oxygen atoms in total. The van der Waals surface area contributed by atoms with Gasteiger partial charge in [0.05, 0.1) is 29.2 Å². The monoisotopic (exact) mass is 701 g/mol. The summed E-state index contributed by atoms with van der Waals surface area (Å²) < 4.78 is 39.2. The number of hydrogen-bond donors (Lipinski definition) is 1. The van der Waals surface area contributed by atoms with E-state index in [1.807, 2.05) is 37.4 Å². The van der Waals surface area contributed by atoms with Crippen molar-refractivity contribution < 1.29 is 22.7 Å². The highest BCUT2D eigenvalue weighted by molar-refractivity contribution is 9.10. The number of aromatic nitrogens is 3. The molecular formula is C33H44BrN5O5S. The van der Waals surface area contributed by atoms with Gasteiger partial charge in [0.15, 0.2) is 5.65 Å². The molecule has 3 atom stereocenters. The highest BCUT2D eigenvalue weighted by Gasteiger charge is 2.52. The highest BCUT2D eigenvalue weighted by Crippen LogP contribution is 2.55. The van der Waals surface area contributed by atoms with Crippen LogP contribution < -0.4 is 15.0 Å². The van der Waals surface area contributed by atoms with Crippen LogP contribution in [0.5, 0.6) is 5.75 Å². The third-order valence-electron chi connectivity index (χ3n) is 9.73. The van der Waals surface area contributed by atoms with Gasteiger partial charge in [-0.15, -0.1) is 0 Å². The molecule has 2 saturated carbocycles. The molecule has 1 N–H and O–H groups in total. The lowest BCUT2D eigenvalue weighted by molar-refractivity contribution is 0.0505. The van der Waals surface area contributed by atoms with Crippen LogP contribution in [0.1, 0.15) is 82.5 Å². The summed E-state index contributed by atoms with van der Waals surface area (Å²) in [6, 6.07) is 8.18. The lowest BCUT2D eigenvalue weighted by Gasteiger charge is -2.34. The van der Waals surface area contributed by atoms with Gasteiger partial charge in [0.1, 0.15) is 27.0 Å². The van der Waals surface area contributed by atoms with E-state index in [1.165, 1.54) is 6.26 Å². The molecule has 12 heteroatoms. The molecule has 3 aromatic rings. The molecule has 0 saturated heterocycles. The summed E-state index contributed by atoms with van der Waals surface area (Å²) in [5.41, 5.74) is 3.17. The number of nitrogens with zero attached hydrogens (tertiary/aromatic N) is 4. The molecule has 2 heterocycles. The predicted octanol–water partition coefficient (Wildman–Crippen LogP) is 5.98. The molecule has 244 valence electrons. The Balaban J connectivity index is 1.45. The second-order valence-corrected chi connectivity index (χ2v) is 17.2. The van der Waals surface area contributed by atoms with Crippen LogP contribution in [0.2, 0.25) is 0 Å². The molecule has 1 aromatic carbocycles. The first-order valence-electron chi connectivity index (χ1n) is 15.9. The van der Waals surface area contributed by atoms with Crippen LogP contribution in [-0.4, -0.2) is 65.9 Å². The SMILES string of the molecule is COc1ccc(CN(c2c3c(nc4c(Br)cnn24)C2(CCCC2)C(CS(C)(=O)=O)C3)[C@H]2CC[C@H](NC(=O)OC(C)(C)C)C2)cc1. The summed E-state index contributed by atoms with van der Waals surface area (Å²) in [5.74, 6) is 1.88.